The molecular weight excluding hydrogens is 292 g/mol. The number of methoxy groups -OCH3 is 1. The zero-order valence-electron chi connectivity index (χ0n) is 12.5. The first-order valence-electron chi connectivity index (χ1n) is 6.96. The van der Waals surface area contributed by atoms with E-state index in [4.69, 9.17) is 15.9 Å². The second kappa shape index (κ2) is 6.24. The summed E-state index contributed by atoms with van der Waals surface area (Å²) in [5, 5.41) is 0. The van der Waals surface area contributed by atoms with Crippen molar-refractivity contribution in [2.45, 2.75) is 0 Å². The van der Waals surface area contributed by atoms with Gasteiger partial charge in [-0.05, 0) is 36.4 Å². The third-order valence-electron chi connectivity index (χ3n) is 3.37. The Morgan fingerprint density at radius 2 is 2.04 bits per heavy atom. The van der Waals surface area contributed by atoms with Crippen LogP contribution in [0.15, 0.2) is 42.5 Å². The Balaban J connectivity index is 1.97. The van der Waals surface area contributed by atoms with Gasteiger partial charge in [-0.2, -0.15) is 0 Å². The summed E-state index contributed by atoms with van der Waals surface area (Å²) in [5.74, 6) is 3.37. The van der Waals surface area contributed by atoms with Gasteiger partial charge in [0, 0.05) is 5.56 Å². The summed E-state index contributed by atoms with van der Waals surface area (Å²) in [6, 6.07) is 12.7. The molecule has 0 saturated heterocycles. The highest BCUT2D eigenvalue weighted by molar-refractivity contribution is 6.02. The van der Waals surface area contributed by atoms with Gasteiger partial charge in [0.2, 0.25) is 0 Å². The molecule has 0 atom stereocenters. The van der Waals surface area contributed by atoms with Crippen molar-refractivity contribution >= 4 is 17.0 Å². The molecular formula is C18H14N2O3. The van der Waals surface area contributed by atoms with Crippen molar-refractivity contribution in [2.75, 3.05) is 13.7 Å². The largest absolute Gasteiger partial charge is 0.481 e. The van der Waals surface area contributed by atoms with Gasteiger partial charge in [0.1, 0.15) is 23.7 Å². The molecule has 1 heterocycles. The first-order valence-corrected chi connectivity index (χ1v) is 6.96. The molecule has 0 aliphatic heterocycles. The lowest BCUT2D eigenvalue weighted by Gasteiger charge is -2.02. The molecule has 2 aromatic carbocycles. The van der Waals surface area contributed by atoms with Crippen molar-refractivity contribution in [2.24, 2.45) is 0 Å². The Morgan fingerprint density at radius 1 is 1.26 bits per heavy atom. The van der Waals surface area contributed by atoms with Crippen LogP contribution in [0, 0.1) is 12.3 Å². The van der Waals surface area contributed by atoms with Crippen LogP contribution in [0.2, 0.25) is 0 Å². The lowest BCUT2D eigenvalue weighted by atomic mass is 10.2. The number of para-hydroxylation sites is 1. The number of carbonyl (C=O) groups excluding carboxylic acids is 1. The SMILES string of the molecule is C#CCOc1ccc(-c2nc3c(C(=O)OC)cccc3[nH]2)cc1. The zero-order chi connectivity index (χ0) is 16.2. The molecule has 3 aromatic rings. The number of terminal acetylenes is 1. The van der Waals surface area contributed by atoms with Gasteiger partial charge in [-0.25, -0.2) is 9.78 Å². The minimum absolute atomic E-state index is 0.229. The van der Waals surface area contributed by atoms with Crippen molar-refractivity contribution in [3.63, 3.8) is 0 Å². The van der Waals surface area contributed by atoms with E-state index in [2.05, 4.69) is 15.9 Å². The van der Waals surface area contributed by atoms with Crippen LogP contribution in [0.3, 0.4) is 0 Å². The Hall–Kier alpha value is -3.26. The van der Waals surface area contributed by atoms with Gasteiger partial charge < -0.3 is 14.5 Å². The number of aromatic amines is 1. The van der Waals surface area contributed by atoms with Crippen LogP contribution in [0.5, 0.6) is 5.75 Å². The molecule has 0 aliphatic carbocycles. The topological polar surface area (TPSA) is 64.2 Å². The second-order valence-electron chi connectivity index (χ2n) is 4.80. The minimum Gasteiger partial charge on any atom is -0.481 e. The van der Waals surface area contributed by atoms with E-state index in [1.807, 2.05) is 30.3 Å². The molecule has 0 radical (unpaired) electrons. The number of nitrogens with zero attached hydrogens (tertiary/aromatic N) is 1. The maximum Gasteiger partial charge on any atom is 0.340 e. The van der Waals surface area contributed by atoms with Gasteiger partial charge in [0.15, 0.2) is 0 Å². The zero-order valence-corrected chi connectivity index (χ0v) is 12.5. The number of carbonyl (C=O) groups is 1. The number of hydrogen-bond donors (Lipinski definition) is 1. The fraction of sp³-hybridized carbons (Fsp3) is 0.111. The van der Waals surface area contributed by atoms with Crippen LogP contribution >= 0.6 is 0 Å². The number of H-pyrrole nitrogens is 1. The van der Waals surface area contributed by atoms with E-state index in [1.165, 1.54) is 7.11 Å². The van der Waals surface area contributed by atoms with Crippen LogP contribution < -0.4 is 4.74 Å². The van der Waals surface area contributed by atoms with Crippen molar-refractivity contribution in [1.29, 1.82) is 0 Å². The van der Waals surface area contributed by atoms with Gasteiger partial charge in [0.05, 0.1) is 18.2 Å². The van der Waals surface area contributed by atoms with E-state index in [0.29, 0.717) is 22.7 Å². The first kappa shape index (κ1) is 14.7. The third kappa shape index (κ3) is 2.87. The number of fused-ring (bicyclic) bond motifs is 1. The highest BCUT2D eigenvalue weighted by Gasteiger charge is 2.14. The highest BCUT2D eigenvalue weighted by Crippen LogP contribution is 2.25. The Bertz CT molecular complexity index is 889. The normalized spacial score (nSPS) is 10.3. The van der Waals surface area contributed by atoms with E-state index < -0.39 is 5.97 Å². The molecule has 0 spiro atoms. The number of imidazole rings is 1. The van der Waals surface area contributed by atoms with Crippen LogP contribution in [0.25, 0.3) is 22.4 Å². The molecule has 1 aromatic heterocycles. The summed E-state index contributed by atoms with van der Waals surface area (Å²) in [6.45, 7) is 0.229. The summed E-state index contributed by atoms with van der Waals surface area (Å²) in [4.78, 5) is 19.5. The first-order chi connectivity index (χ1) is 11.2. The minimum atomic E-state index is -0.410. The van der Waals surface area contributed by atoms with Crippen molar-refractivity contribution in [3.05, 3.63) is 48.0 Å². The van der Waals surface area contributed by atoms with Gasteiger partial charge in [0.25, 0.3) is 0 Å². The molecule has 0 amide bonds. The van der Waals surface area contributed by atoms with E-state index in [1.54, 1.807) is 12.1 Å². The quantitative estimate of drug-likeness (QED) is 0.594. The van der Waals surface area contributed by atoms with E-state index in [-0.39, 0.29) is 6.61 Å². The molecule has 0 aliphatic rings. The van der Waals surface area contributed by atoms with E-state index >= 15 is 0 Å². The number of ether oxygens (including phenoxy) is 2. The lowest BCUT2D eigenvalue weighted by molar-refractivity contribution is 0.0603. The average molecular weight is 306 g/mol. The van der Waals surface area contributed by atoms with Gasteiger partial charge in [-0.1, -0.05) is 12.0 Å². The predicted octanol–water partition coefficient (Wildman–Crippen LogP) is 3.03. The maximum atomic E-state index is 11.8. The summed E-state index contributed by atoms with van der Waals surface area (Å²) >= 11 is 0. The molecule has 0 bridgehead atoms. The summed E-state index contributed by atoms with van der Waals surface area (Å²) in [7, 11) is 1.35. The molecule has 3 rings (SSSR count). The van der Waals surface area contributed by atoms with Crippen LogP contribution in [-0.2, 0) is 4.74 Å². The molecule has 1 N–H and O–H groups in total. The summed E-state index contributed by atoms with van der Waals surface area (Å²) in [6.07, 6.45) is 5.16. The number of aromatic nitrogens is 2. The van der Waals surface area contributed by atoms with Gasteiger partial charge in [-0.15, -0.1) is 6.42 Å². The molecule has 5 nitrogen and oxygen atoms in total. The molecule has 114 valence electrons. The van der Waals surface area contributed by atoms with Gasteiger partial charge in [-0.3, -0.25) is 0 Å². The number of nitrogens with one attached hydrogen (secondary N) is 1. The standard InChI is InChI=1S/C18H14N2O3/c1-3-11-23-13-9-7-12(8-10-13)17-19-15-6-4-5-14(16(15)20-17)18(21)22-2/h1,4-10H,11H2,2H3,(H,19,20). The second-order valence-corrected chi connectivity index (χ2v) is 4.80. The smallest absolute Gasteiger partial charge is 0.340 e. The maximum absolute atomic E-state index is 11.8. The van der Waals surface area contributed by atoms with Crippen LogP contribution in [0.1, 0.15) is 10.4 Å². The molecule has 23 heavy (non-hydrogen) atoms. The van der Waals surface area contributed by atoms with E-state index in [0.717, 1.165) is 11.1 Å². The number of esters is 1. The third-order valence-corrected chi connectivity index (χ3v) is 3.37. The molecule has 0 unspecified atom stereocenters. The Labute approximate surface area is 133 Å². The molecule has 0 saturated carbocycles. The molecule has 0 fully saturated rings. The summed E-state index contributed by atoms with van der Waals surface area (Å²) in [5.41, 5.74) is 2.67. The lowest BCUT2D eigenvalue weighted by Crippen LogP contribution is -2.01. The number of hydrogen-bond acceptors (Lipinski definition) is 4. The van der Waals surface area contributed by atoms with Crippen molar-refractivity contribution in [3.8, 4) is 29.5 Å². The monoisotopic (exact) mass is 306 g/mol. The fourth-order valence-corrected chi connectivity index (χ4v) is 2.28. The molecule has 5 heteroatoms. The van der Waals surface area contributed by atoms with Crippen LogP contribution in [0.4, 0.5) is 0 Å². The Morgan fingerprint density at radius 3 is 2.74 bits per heavy atom. The average Bonchev–Trinajstić information content (AvgIpc) is 3.03. The number of rotatable bonds is 4. The Kier molecular flexibility index (Phi) is 3.98. The fourth-order valence-electron chi connectivity index (χ4n) is 2.28. The summed E-state index contributed by atoms with van der Waals surface area (Å²) < 4.78 is 10.1. The highest BCUT2D eigenvalue weighted by atomic mass is 16.5. The van der Waals surface area contributed by atoms with Gasteiger partial charge >= 0.3 is 5.97 Å². The van der Waals surface area contributed by atoms with Crippen molar-refractivity contribution < 1.29 is 14.3 Å². The predicted molar refractivity (Wildman–Crippen MR) is 87.2 cm³/mol. The van der Waals surface area contributed by atoms with E-state index in [9.17, 15) is 4.79 Å². The number of benzene rings is 2. The van der Waals surface area contributed by atoms with Crippen LogP contribution in [-0.4, -0.2) is 29.7 Å². The van der Waals surface area contributed by atoms with Crippen molar-refractivity contribution in [1.82, 2.24) is 9.97 Å².